The van der Waals surface area contributed by atoms with E-state index in [4.69, 9.17) is 0 Å². The van der Waals surface area contributed by atoms with Gasteiger partial charge in [0.15, 0.2) is 5.60 Å². The minimum Gasteiger partial charge on any atom is -0.387 e. The van der Waals surface area contributed by atoms with Crippen molar-refractivity contribution in [1.82, 2.24) is 10.6 Å². The number of alkyl halides is 3. The Bertz CT molecular complexity index is 405. The van der Waals surface area contributed by atoms with E-state index in [1.807, 2.05) is 0 Å². The van der Waals surface area contributed by atoms with Crippen LogP contribution in [-0.2, 0) is 4.79 Å². The molecule has 0 aromatic rings. The molecule has 0 aliphatic carbocycles. The van der Waals surface area contributed by atoms with Crippen LogP contribution in [0.25, 0.3) is 0 Å². The number of nitrogens with zero attached hydrogens (tertiary/aromatic N) is 1. The molecule has 1 rings (SSSR count). The van der Waals surface area contributed by atoms with Gasteiger partial charge in [-0.15, -0.1) is 0 Å². The zero-order valence-corrected chi connectivity index (χ0v) is 9.79. The molecule has 1 aliphatic heterocycles. The molecule has 12 heteroatoms. The van der Waals surface area contributed by atoms with Crippen LogP contribution < -0.4 is 10.6 Å². The molecule has 0 unspecified atom stereocenters. The van der Waals surface area contributed by atoms with E-state index < -0.39 is 54.1 Å². The molecule has 1 fully saturated rings. The minimum atomic E-state index is -5.19. The predicted molar refractivity (Wildman–Crippen MR) is 54.8 cm³/mol. The number of aliphatic hydroxyl groups excluding tert-OH is 2. The van der Waals surface area contributed by atoms with Crippen LogP contribution >= 0.6 is 0 Å². The number of halogens is 3. The third-order valence-electron chi connectivity index (χ3n) is 2.79. The highest BCUT2D eigenvalue weighted by atomic mass is 19.4. The Morgan fingerprint density at radius 2 is 2.05 bits per heavy atom. The number of rotatable bonds is 3. The molecule has 0 radical (unpaired) electrons. The van der Waals surface area contributed by atoms with E-state index in [1.54, 1.807) is 0 Å². The maximum Gasteiger partial charge on any atom is 0.471 e. The molecule has 4 atom stereocenters. The van der Waals surface area contributed by atoms with E-state index in [-0.39, 0.29) is 0 Å². The molecule has 0 bridgehead atoms. The monoisotopic (exact) mass is 303 g/mol. The number of hydrogen-bond donors (Lipinski definition) is 5. The van der Waals surface area contributed by atoms with Gasteiger partial charge in [-0.1, -0.05) is 0 Å². The summed E-state index contributed by atoms with van der Waals surface area (Å²) in [5.41, 5.74) is -2.36. The standard InChI is InChI=1S/C8H12F3N3O6/c9-8(10,11)6(17)13-5-3(15)4(16)7(18,1-12-5)2-14(19)20/h3-5,12,15-16,18H,1-2H2,(H,13,17)/t3-,4+,5+,7-/m0/s1. The van der Waals surface area contributed by atoms with Gasteiger partial charge >= 0.3 is 12.1 Å². The van der Waals surface area contributed by atoms with E-state index in [2.05, 4.69) is 5.32 Å². The summed E-state index contributed by atoms with van der Waals surface area (Å²) in [5.74, 6) is -2.36. The van der Waals surface area contributed by atoms with Gasteiger partial charge < -0.3 is 20.6 Å². The molecule has 20 heavy (non-hydrogen) atoms. The van der Waals surface area contributed by atoms with Crippen molar-refractivity contribution in [1.29, 1.82) is 0 Å². The van der Waals surface area contributed by atoms with E-state index in [0.717, 1.165) is 0 Å². The Morgan fingerprint density at radius 1 is 1.50 bits per heavy atom. The fourth-order valence-corrected chi connectivity index (χ4v) is 1.74. The molecule has 116 valence electrons. The van der Waals surface area contributed by atoms with Gasteiger partial charge in [-0.3, -0.25) is 20.2 Å². The van der Waals surface area contributed by atoms with Gasteiger partial charge in [0.05, 0.1) is 0 Å². The highest BCUT2D eigenvalue weighted by Gasteiger charge is 2.52. The molecule has 0 aromatic heterocycles. The van der Waals surface area contributed by atoms with Crippen LogP contribution in [0.15, 0.2) is 0 Å². The molecule has 0 saturated carbocycles. The summed E-state index contributed by atoms with van der Waals surface area (Å²) in [5, 5.41) is 42.6. The Balaban J connectivity index is 2.75. The predicted octanol–water partition coefficient (Wildman–Crippen LogP) is -2.68. The molecular weight excluding hydrogens is 291 g/mol. The zero-order valence-electron chi connectivity index (χ0n) is 9.79. The smallest absolute Gasteiger partial charge is 0.387 e. The molecule has 1 aliphatic rings. The Kier molecular flexibility index (Phi) is 4.53. The van der Waals surface area contributed by atoms with Crippen molar-refractivity contribution in [3.05, 3.63) is 10.1 Å². The van der Waals surface area contributed by atoms with Crippen LogP contribution in [0.4, 0.5) is 13.2 Å². The second kappa shape index (κ2) is 5.47. The van der Waals surface area contributed by atoms with Crippen LogP contribution in [0.1, 0.15) is 0 Å². The Hall–Kier alpha value is -1.50. The van der Waals surface area contributed by atoms with Crippen molar-refractivity contribution in [3.63, 3.8) is 0 Å². The normalized spacial score (nSPS) is 34.6. The topological polar surface area (TPSA) is 145 Å². The third kappa shape index (κ3) is 3.53. The SMILES string of the molecule is O=C(N[C@H]1NC[C@](O)(C[N+](=O)[O-])[C@H](O)[C@@H]1O)C(F)(F)F. The van der Waals surface area contributed by atoms with Crippen LogP contribution in [0.5, 0.6) is 0 Å². The maximum absolute atomic E-state index is 12.0. The number of carbonyl (C=O) groups is 1. The van der Waals surface area contributed by atoms with Crippen molar-refractivity contribution >= 4 is 5.91 Å². The average molecular weight is 303 g/mol. The first-order chi connectivity index (χ1) is 8.97. The second-order valence-corrected chi connectivity index (χ2v) is 4.36. The second-order valence-electron chi connectivity index (χ2n) is 4.36. The van der Waals surface area contributed by atoms with Crippen LogP contribution in [-0.4, -0.2) is 69.4 Å². The van der Waals surface area contributed by atoms with Gasteiger partial charge in [0.1, 0.15) is 18.4 Å². The van der Waals surface area contributed by atoms with E-state index in [1.165, 1.54) is 5.32 Å². The highest BCUT2D eigenvalue weighted by molar-refractivity contribution is 5.82. The van der Waals surface area contributed by atoms with Gasteiger partial charge in [-0.25, -0.2) is 0 Å². The quantitative estimate of drug-likeness (QED) is 0.282. The number of amides is 1. The lowest BCUT2D eigenvalue weighted by Crippen LogP contribution is -2.72. The molecule has 1 amide bonds. The summed E-state index contributed by atoms with van der Waals surface area (Å²) >= 11 is 0. The lowest BCUT2D eigenvalue weighted by Gasteiger charge is -2.42. The fourth-order valence-electron chi connectivity index (χ4n) is 1.74. The Morgan fingerprint density at radius 3 is 2.50 bits per heavy atom. The number of piperidine rings is 1. The van der Waals surface area contributed by atoms with Crippen molar-refractivity contribution in [2.45, 2.75) is 30.2 Å². The molecule has 5 N–H and O–H groups in total. The van der Waals surface area contributed by atoms with Crippen molar-refractivity contribution in [2.24, 2.45) is 0 Å². The Labute approximate surface area is 109 Å². The molecule has 1 saturated heterocycles. The third-order valence-corrected chi connectivity index (χ3v) is 2.79. The number of nitro groups is 1. The van der Waals surface area contributed by atoms with E-state index >= 15 is 0 Å². The number of nitrogens with one attached hydrogen (secondary N) is 2. The van der Waals surface area contributed by atoms with Gasteiger partial charge in [-0.2, -0.15) is 13.2 Å². The fraction of sp³-hybridized carbons (Fsp3) is 0.875. The number of carbonyl (C=O) groups excluding carboxylic acids is 1. The number of aliphatic hydroxyl groups is 3. The first kappa shape index (κ1) is 16.6. The summed E-state index contributed by atoms with van der Waals surface area (Å²) in [6.07, 6.45) is -11.1. The molecule has 0 aromatic carbocycles. The number of β-amino-alcohol motifs (C(OH)–C–C–N with tert-alkyl or cyclic N) is 1. The highest BCUT2D eigenvalue weighted by Crippen LogP contribution is 2.21. The largest absolute Gasteiger partial charge is 0.471 e. The lowest BCUT2D eigenvalue weighted by atomic mass is 9.87. The van der Waals surface area contributed by atoms with E-state index in [0.29, 0.717) is 0 Å². The van der Waals surface area contributed by atoms with Gasteiger partial charge in [0, 0.05) is 11.5 Å². The minimum absolute atomic E-state index is 0.686. The van der Waals surface area contributed by atoms with Crippen molar-refractivity contribution < 1.29 is 38.2 Å². The van der Waals surface area contributed by atoms with Crippen LogP contribution in [0.3, 0.4) is 0 Å². The van der Waals surface area contributed by atoms with Gasteiger partial charge in [-0.05, 0) is 0 Å². The maximum atomic E-state index is 12.0. The van der Waals surface area contributed by atoms with Crippen molar-refractivity contribution in [2.75, 3.05) is 13.1 Å². The molecule has 9 nitrogen and oxygen atoms in total. The summed E-state index contributed by atoms with van der Waals surface area (Å²) < 4.78 is 36.1. The zero-order chi connectivity index (χ0) is 15.7. The number of hydrogen-bond acceptors (Lipinski definition) is 7. The van der Waals surface area contributed by atoms with E-state index in [9.17, 15) is 43.4 Å². The molecule has 0 spiro atoms. The van der Waals surface area contributed by atoms with Crippen molar-refractivity contribution in [3.8, 4) is 0 Å². The summed E-state index contributed by atoms with van der Waals surface area (Å²) in [4.78, 5) is 20.1. The lowest BCUT2D eigenvalue weighted by molar-refractivity contribution is -0.506. The molecule has 1 heterocycles. The summed E-state index contributed by atoms with van der Waals surface area (Å²) in [7, 11) is 0. The summed E-state index contributed by atoms with van der Waals surface area (Å²) in [6.45, 7) is -1.81. The summed E-state index contributed by atoms with van der Waals surface area (Å²) in [6, 6.07) is 0. The first-order valence-electron chi connectivity index (χ1n) is 5.29. The average Bonchev–Trinajstić information content (AvgIpc) is 2.28. The molecular formula is C8H12F3N3O6. The van der Waals surface area contributed by atoms with Crippen LogP contribution in [0, 0.1) is 10.1 Å². The van der Waals surface area contributed by atoms with Crippen LogP contribution in [0.2, 0.25) is 0 Å². The first-order valence-corrected chi connectivity index (χ1v) is 5.29. The van der Waals surface area contributed by atoms with Gasteiger partial charge in [0.2, 0.25) is 6.54 Å². The van der Waals surface area contributed by atoms with Gasteiger partial charge in [0.25, 0.3) is 0 Å².